The van der Waals surface area contributed by atoms with Crippen LogP contribution in [0.2, 0.25) is 0 Å². The molecule has 0 aromatic carbocycles. The summed E-state index contributed by atoms with van der Waals surface area (Å²) < 4.78 is 16.6. The van der Waals surface area contributed by atoms with Crippen molar-refractivity contribution in [1.29, 1.82) is 0 Å². The fourth-order valence-corrected chi connectivity index (χ4v) is 2.70. The molecule has 0 atom stereocenters. The summed E-state index contributed by atoms with van der Waals surface area (Å²) in [6.07, 6.45) is 6.86. The molecule has 0 amide bonds. The van der Waals surface area contributed by atoms with E-state index in [1.165, 1.54) is 0 Å². The Kier molecular flexibility index (Phi) is 6.32. The van der Waals surface area contributed by atoms with E-state index in [1.807, 2.05) is 13.8 Å². The van der Waals surface area contributed by atoms with Crippen LogP contribution in [0.25, 0.3) is 0 Å². The molecule has 0 unspecified atom stereocenters. The van der Waals surface area contributed by atoms with Crippen LogP contribution in [0.5, 0.6) is 0 Å². The third-order valence-electron chi connectivity index (χ3n) is 2.19. The van der Waals surface area contributed by atoms with Crippen molar-refractivity contribution in [1.82, 2.24) is 0 Å². The van der Waals surface area contributed by atoms with Crippen molar-refractivity contribution < 1.29 is 14.1 Å². The van der Waals surface area contributed by atoms with Gasteiger partial charge in [0.25, 0.3) is 0 Å². The van der Waals surface area contributed by atoms with E-state index < -0.39 is 7.14 Å². The lowest BCUT2D eigenvalue weighted by molar-refractivity contribution is -0.141. The molecule has 4 heteroatoms. The van der Waals surface area contributed by atoms with Gasteiger partial charge in [-0.05, 0) is 12.3 Å². The van der Waals surface area contributed by atoms with Crippen molar-refractivity contribution in [2.75, 3.05) is 25.1 Å². The maximum Gasteiger partial charge on any atom is 0.307 e. The summed E-state index contributed by atoms with van der Waals surface area (Å²) >= 11 is 0. The quantitative estimate of drug-likeness (QED) is 0.387. The summed E-state index contributed by atoms with van der Waals surface area (Å²) in [6, 6.07) is 0. The van der Waals surface area contributed by atoms with E-state index in [2.05, 4.69) is 10.7 Å². The zero-order valence-electron chi connectivity index (χ0n) is 8.78. The summed E-state index contributed by atoms with van der Waals surface area (Å²) in [5, 5.41) is 0. The Balaban J connectivity index is 3.88. The molecule has 80 valence electrons. The predicted octanol–water partition coefficient (Wildman–Crippen LogP) is 1.96. The minimum Gasteiger partial charge on any atom is -0.452 e. The molecule has 0 aromatic rings. The maximum absolute atomic E-state index is 11.9. The highest BCUT2D eigenvalue weighted by molar-refractivity contribution is 7.63. The van der Waals surface area contributed by atoms with Crippen LogP contribution < -0.4 is 0 Å². The Morgan fingerprint density at radius 3 is 2.43 bits per heavy atom. The molecule has 0 aliphatic rings. The number of rotatable bonds is 6. The van der Waals surface area contributed by atoms with Crippen molar-refractivity contribution in [3.05, 3.63) is 0 Å². The fraction of sp³-hybridized carbons (Fsp3) is 0.700. The zero-order chi connectivity index (χ0) is 11.0. The van der Waals surface area contributed by atoms with Crippen LogP contribution in [0.4, 0.5) is 0 Å². The van der Waals surface area contributed by atoms with Gasteiger partial charge in [0.1, 0.15) is 0 Å². The third-order valence-corrected chi connectivity index (χ3v) is 5.54. The van der Waals surface area contributed by atoms with Crippen LogP contribution in [-0.4, -0.2) is 31.1 Å². The van der Waals surface area contributed by atoms with Crippen LogP contribution >= 0.6 is 7.14 Å². The van der Waals surface area contributed by atoms with E-state index in [4.69, 9.17) is 6.42 Å². The fourth-order valence-electron chi connectivity index (χ4n) is 1.03. The molecule has 14 heavy (non-hydrogen) atoms. The number of terminal acetylenes is 1. The van der Waals surface area contributed by atoms with Gasteiger partial charge in [-0.3, -0.25) is 4.79 Å². The monoisotopic (exact) mass is 216 g/mol. The lowest BCUT2D eigenvalue weighted by Crippen LogP contribution is -2.08. The van der Waals surface area contributed by atoms with Crippen LogP contribution in [0.15, 0.2) is 0 Å². The Morgan fingerprint density at radius 1 is 1.43 bits per heavy atom. The molecule has 3 nitrogen and oxygen atoms in total. The molecule has 0 saturated carbocycles. The highest BCUT2D eigenvalue weighted by Crippen LogP contribution is 2.44. The van der Waals surface area contributed by atoms with Gasteiger partial charge in [-0.25, -0.2) is 0 Å². The van der Waals surface area contributed by atoms with Crippen molar-refractivity contribution in [2.24, 2.45) is 0 Å². The molecule has 0 saturated heterocycles. The number of carbonyl (C=O) groups excluding carboxylic acids is 1. The van der Waals surface area contributed by atoms with Gasteiger partial charge in [0.05, 0.1) is 13.6 Å². The number of carbonyl (C=O) groups is 1. The molecule has 0 aliphatic carbocycles. The zero-order valence-corrected chi connectivity index (χ0v) is 9.68. The first-order valence-corrected chi connectivity index (χ1v) is 7.00. The Morgan fingerprint density at radius 2 is 2.00 bits per heavy atom. The first-order valence-electron chi connectivity index (χ1n) is 4.74. The molecule has 0 rings (SSSR count). The van der Waals surface area contributed by atoms with Gasteiger partial charge >= 0.3 is 5.97 Å². The Hall–Kier alpha value is -0.740. The molecule has 0 N–H and O–H groups in total. The van der Waals surface area contributed by atoms with E-state index in [-0.39, 0.29) is 19.0 Å². The first-order chi connectivity index (χ1) is 6.58. The van der Waals surface area contributed by atoms with E-state index >= 15 is 0 Å². The molecule has 0 bridgehead atoms. The smallest absolute Gasteiger partial charge is 0.307 e. The van der Waals surface area contributed by atoms with Crippen molar-refractivity contribution in [3.8, 4) is 12.3 Å². The second kappa shape index (κ2) is 6.68. The van der Waals surface area contributed by atoms with Crippen LogP contribution in [0.1, 0.15) is 20.3 Å². The van der Waals surface area contributed by atoms with Gasteiger partial charge in [0.15, 0.2) is 6.61 Å². The number of ether oxygens (including phenoxy) is 1. The molecule has 0 heterocycles. The highest BCUT2D eigenvalue weighted by atomic mass is 31.2. The SMILES string of the molecule is C#CCOC(=O)CCP(=O)(CC)CC. The summed E-state index contributed by atoms with van der Waals surface area (Å²) in [6.45, 7) is 3.77. The van der Waals surface area contributed by atoms with Crippen LogP contribution in [0.3, 0.4) is 0 Å². The molecule has 0 fully saturated rings. The van der Waals surface area contributed by atoms with Crippen molar-refractivity contribution >= 4 is 13.1 Å². The second-order valence-corrected chi connectivity index (χ2v) is 6.86. The van der Waals surface area contributed by atoms with E-state index in [0.29, 0.717) is 18.5 Å². The standard InChI is InChI=1S/C10H17O3P/c1-4-8-13-10(11)7-9-14(12,5-2)6-3/h1H,5-9H2,2-3H3. The molecule has 0 radical (unpaired) electrons. The van der Waals surface area contributed by atoms with E-state index in [9.17, 15) is 9.36 Å². The number of hydrogen-bond acceptors (Lipinski definition) is 3. The molecule has 0 aliphatic heterocycles. The summed E-state index contributed by atoms with van der Waals surface area (Å²) in [4.78, 5) is 11.0. The van der Waals surface area contributed by atoms with Gasteiger partial charge in [0.2, 0.25) is 0 Å². The van der Waals surface area contributed by atoms with E-state index in [1.54, 1.807) is 0 Å². The topological polar surface area (TPSA) is 43.4 Å². The van der Waals surface area contributed by atoms with Crippen molar-refractivity contribution in [2.45, 2.75) is 20.3 Å². The second-order valence-electron chi connectivity index (χ2n) is 3.03. The lowest BCUT2D eigenvalue weighted by Gasteiger charge is -2.12. The summed E-state index contributed by atoms with van der Waals surface area (Å²) in [5.74, 6) is 1.86. The van der Waals surface area contributed by atoms with Crippen molar-refractivity contribution in [3.63, 3.8) is 0 Å². The number of esters is 1. The predicted molar refractivity (Wildman–Crippen MR) is 58.0 cm³/mol. The average molecular weight is 216 g/mol. The summed E-state index contributed by atoms with van der Waals surface area (Å²) in [7, 11) is -2.12. The minimum absolute atomic E-state index is 0.00137. The molecule has 0 aromatic heterocycles. The minimum atomic E-state index is -2.12. The van der Waals surface area contributed by atoms with Gasteiger partial charge in [-0.1, -0.05) is 19.8 Å². The number of hydrogen-bond donors (Lipinski definition) is 0. The molecular weight excluding hydrogens is 199 g/mol. The summed E-state index contributed by atoms with van der Waals surface area (Å²) in [5.41, 5.74) is 0. The lowest BCUT2D eigenvalue weighted by atomic mass is 10.5. The van der Waals surface area contributed by atoms with Gasteiger partial charge in [-0.2, -0.15) is 0 Å². The normalized spacial score (nSPS) is 10.6. The Bertz CT molecular complexity index is 257. The first kappa shape index (κ1) is 13.3. The van der Waals surface area contributed by atoms with Gasteiger partial charge in [0, 0.05) is 6.16 Å². The maximum atomic E-state index is 11.9. The Labute approximate surface area is 85.6 Å². The molecular formula is C10H17O3P. The van der Waals surface area contributed by atoms with Crippen LogP contribution in [-0.2, 0) is 14.1 Å². The van der Waals surface area contributed by atoms with E-state index in [0.717, 1.165) is 0 Å². The van der Waals surface area contributed by atoms with Gasteiger partial charge in [-0.15, -0.1) is 6.42 Å². The van der Waals surface area contributed by atoms with Crippen LogP contribution in [0, 0.1) is 12.3 Å². The molecule has 0 spiro atoms. The third kappa shape index (κ3) is 5.09. The largest absolute Gasteiger partial charge is 0.452 e. The van der Waals surface area contributed by atoms with Gasteiger partial charge < -0.3 is 9.30 Å². The highest BCUT2D eigenvalue weighted by Gasteiger charge is 2.18. The average Bonchev–Trinajstić information content (AvgIpc) is 2.23.